The number of rotatable bonds is 10. The quantitative estimate of drug-likeness (QED) is 0.519. The molecule has 0 aliphatic heterocycles. The molecule has 0 aromatic heterocycles. The summed E-state index contributed by atoms with van der Waals surface area (Å²) >= 11 is 0. The van der Waals surface area contributed by atoms with E-state index in [9.17, 15) is 9.90 Å². The minimum atomic E-state index is -1.25. The van der Waals surface area contributed by atoms with Gasteiger partial charge in [-0.2, -0.15) is 0 Å². The van der Waals surface area contributed by atoms with E-state index in [1.165, 1.54) is 0 Å². The molecular weight excluding hydrogens is 336 g/mol. The van der Waals surface area contributed by atoms with E-state index in [4.69, 9.17) is 18.9 Å². The van der Waals surface area contributed by atoms with Crippen LogP contribution in [0.15, 0.2) is 60.7 Å². The largest absolute Gasteiger partial charge is 0.457 e. The van der Waals surface area contributed by atoms with Gasteiger partial charge in [-0.3, -0.25) is 0 Å². The van der Waals surface area contributed by atoms with Crippen LogP contribution in [-0.4, -0.2) is 42.8 Å². The molecular formula is C20H24O6. The first-order chi connectivity index (χ1) is 12.5. The summed E-state index contributed by atoms with van der Waals surface area (Å²) in [6.07, 6.45) is -2.19. The van der Waals surface area contributed by atoms with Crippen LogP contribution < -0.4 is 9.47 Å². The number of para-hydroxylation sites is 2. The van der Waals surface area contributed by atoms with Crippen molar-refractivity contribution in [3.63, 3.8) is 0 Å². The fourth-order valence-electron chi connectivity index (χ4n) is 1.98. The third kappa shape index (κ3) is 7.13. The Kier molecular flexibility index (Phi) is 7.92. The molecule has 26 heavy (non-hydrogen) atoms. The monoisotopic (exact) mass is 360 g/mol. The molecule has 2 unspecified atom stereocenters. The Hall–Kier alpha value is -2.57. The van der Waals surface area contributed by atoms with Crippen molar-refractivity contribution in [2.45, 2.75) is 32.3 Å². The SMILES string of the molecule is CC(O)COC(C)COC(=O)C(Oc1ccccc1)Oc1ccccc1. The van der Waals surface area contributed by atoms with E-state index >= 15 is 0 Å². The first kappa shape index (κ1) is 19.8. The van der Waals surface area contributed by atoms with Crippen LogP contribution in [0.3, 0.4) is 0 Å². The van der Waals surface area contributed by atoms with Crippen LogP contribution in [0.25, 0.3) is 0 Å². The molecule has 2 aromatic rings. The highest BCUT2D eigenvalue weighted by Gasteiger charge is 2.25. The fraction of sp³-hybridized carbons (Fsp3) is 0.350. The predicted octanol–water partition coefficient (Wildman–Crippen LogP) is 2.80. The van der Waals surface area contributed by atoms with Gasteiger partial charge in [-0.25, -0.2) is 4.79 Å². The topological polar surface area (TPSA) is 74.2 Å². The molecule has 2 aromatic carbocycles. The number of aliphatic hydroxyl groups excluding tert-OH is 1. The Labute approximate surface area is 153 Å². The summed E-state index contributed by atoms with van der Waals surface area (Å²) in [5, 5.41) is 9.22. The number of esters is 1. The number of hydrogen-bond donors (Lipinski definition) is 1. The standard InChI is InChI=1S/C20H24O6/c1-15(21)13-23-16(2)14-24-19(22)20(25-17-9-5-3-6-10-17)26-18-11-7-4-8-12-18/h3-12,15-16,20-21H,13-14H2,1-2H3. The van der Waals surface area contributed by atoms with Crippen molar-refractivity contribution in [3.8, 4) is 11.5 Å². The Morgan fingerprint density at radius 2 is 1.38 bits per heavy atom. The van der Waals surface area contributed by atoms with E-state index in [0.29, 0.717) is 11.5 Å². The van der Waals surface area contributed by atoms with Crippen molar-refractivity contribution in [1.29, 1.82) is 0 Å². The molecule has 140 valence electrons. The molecule has 6 nitrogen and oxygen atoms in total. The third-order valence-corrected chi connectivity index (χ3v) is 3.25. The van der Waals surface area contributed by atoms with Crippen LogP contribution in [-0.2, 0) is 14.3 Å². The molecule has 0 fully saturated rings. The zero-order chi connectivity index (χ0) is 18.8. The van der Waals surface area contributed by atoms with Crippen molar-refractivity contribution < 1.29 is 28.8 Å². The summed E-state index contributed by atoms with van der Waals surface area (Å²) in [6.45, 7) is 3.57. The van der Waals surface area contributed by atoms with Crippen LogP contribution >= 0.6 is 0 Å². The molecule has 0 saturated carbocycles. The van der Waals surface area contributed by atoms with Crippen molar-refractivity contribution in [1.82, 2.24) is 0 Å². The van der Waals surface area contributed by atoms with Crippen LogP contribution in [0.1, 0.15) is 13.8 Å². The van der Waals surface area contributed by atoms with Gasteiger partial charge in [-0.15, -0.1) is 0 Å². The fourth-order valence-corrected chi connectivity index (χ4v) is 1.98. The molecule has 0 aliphatic carbocycles. The first-order valence-electron chi connectivity index (χ1n) is 8.44. The highest BCUT2D eigenvalue weighted by Crippen LogP contribution is 2.16. The number of benzene rings is 2. The van der Waals surface area contributed by atoms with E-state index in [1.807, 2.05) is 12.1 Å². The second-order valence-electron chi connectivity index (χ2n) is 5.82. The molecule has 0 bridgehead atoms. The number of aliphatic hydroxyl groups is 1. The molecule has 2 atom stereocenters. The number of carbonyl (C=O) groups excluding carboxylic acids is 1. The van der Waals surface area contributed by atoms with Gasteiger partial charge in [0.25, 0.3) is 0 Å². The molecule has 0 amide bonds. The molecule has 1 N–H and O–H groups in total. The lowest BCUT2D eigenvalue weighted by Gasteiger charge is -2.20. The molecule has 2 rings (SSSR count). The van der Waals surface area contributed by atoms with Crippen molar-refractivity contribution in [2.24, 2.45) is 0 Å². The molecule has 0 radical (unpaired) electrons. The summed E-state index contributed by atoms with van der Waals surface area (Å²) in [5.74, 6) is 0.317. The third-order valence-electron chi connectivity index (χ3n) is 3.25. The lowest BCUT2D eigenvalue weighted by atomic mass is 10.3. The number of carbonyl (C=O) groups is 1. The summed E-state index contributed by atoms with van der Waals surface area (Å²) in [4.78, 5) is 12.4. The molecule has 0 heterocycles. The highest BCUT2D eigenvalue weighted by molar-refractivity contribution is 5.74. The summed E-state index contributed by atoms with van der Waals surface area (Å²) in [7, 11) is 0. The molecule has 0 aliphatic rings. The summed E-state index contributed by atoms with van der Waals surface area (Å²) in [5.41, 5.74) is 0. The lowest BCUT2D eigenvalue weighted by Crippen LogP contribution is -2.36. The maximum absolute atomic E-state index is 12.4. The van der Waals surface area contributed by atoms with Gasteiger partial charge in [-0.05, 0) is 38.1 Å². The zero-order valence-electron chi connectivity index (χ0n) is 14.9. The van der Waals surface area contributed by atoms with Crippen LogP contribution in [0, 0.1) is 0 Å². The average Bonchev–Trinajstić information content (AvgIpc) is 2.65. The summed E-state index contributed by atoms with van der Waals surface area (Å²) < 4.78 is 21.9. The van der Waals surface area contributed by atoms with Crippen molar-refractivity contribution in [3.05, 3.63) is 60.7 Å². The molecule has 0 saturated heterocycles. The van der Waals surface area contributed by atoms with E-state index < -0.39 is 18.4 Å². The van der Waals surface area contributed by atoms with Crippen molar-refractivity contribution >= 4 is 5.97 Å². The van der Waals surface area contributed by atoms with Gasteiger partial charge in [0.05, 0.1) is 18.8 Å². The Bertz CT molecular complexity index is 602. The van der Waals surface area contributed by atoms with Crippen LogP contribution in [0.2, 0.25) is 0 Å². The average molecular weight is 360 g/mol. The van der Waals surface area contributed by atoms with E-state index in [2.05, 4.69) is 0 Å². The Morgan fingerprint density at radius 3 is 1.85 bits per heavy atom. The molecule has 0 spiro atoms. The highest BCUT2D eigenvalue weighted by atomic mass is 16.7. The second kappa shape index (κ2) is 10.4. The van der Waals surface area contributed by atoms with Crippen LogP contribution in [0.5, 0.6) is 11.5 Å². The van der Waals surface area contributed by atoms with Gasteiger partial charge in [0.1, 0.15) is 18.1 Å². The first-order valence-corrected chi connectivity index (χ1v) is 8.44. The van der Waals surface area contributed by atoms with E-state index in [1.54, 1.807) is 62.4 Å². The minimum absolute atomic E-state index is 0.0261. The van der Waals surface area contributed by atoms with E-state index in [-0.39, 0.29) is 19.3 Å². The maximum Gasteiger partial charge on any atom is 0.389 e. The number of ether oxygens (including phenoxy) is 4. The normalized spacial score (nSPS) is 13.1. The van der Waals surface area contributed by atoms with Gasteiger partial charge in [-0.1, -0.05) is 36.4 Å². The van der Waals surface area contributed by atoms with E-state index in [0.717, 1.165) is 0 Å². The lowest BCUT2D eigenvalue weighted by molar-refractivity contribution is -0.169. The van der Waals surface area contributed by atoms with Gasteiger partial charge < -0.3 is 24.1 Å². The van der Waals surface area contributed by atoms with Gasteiger partial charge >= 0.3 is 12.3 Å². The van der Waals surface area contributed by atoms with Crippen molar-refractivity contribution in [2.75, 3.05) is 13.2 Å². The maximum atomic E-state index is 12.4. The van der Waals surface area contributed by atoms with Gasteiger partial charge in [0.2, 0.25) is 0 Å². The second-order valence-corrected chi connectivity index (χ2v) is 5.82. The van der Waals surface area contributed by atoms with Crippen LogP contribution in [0.4, 0.5) is 0 Å². The summed E-state index contributed by atoms with van der Waals surface area (Å²) in [6, 6.07) is 17.8. The zero-order valence-corrected chi connectivity index (χ0v) is 14.9. The minimum Gasteiger partial charge on any atom is -0.457 e. The molecule has 6 heteroatoms. The Balaban J connectivity index is 1.96. The predicted molar refractivity (Wildman–Crippen MR) is 96.0 cm³/mol. The number of hydrogen-bond acceptors (Lipinski definition) is 6. The smallest absolute Gasteiger partial charge is 0.389 e. The van der Waals surface area contributed by atoms with Gasteiger partial charge in [0.15, 0.2) is 0 Å². The van der Waals surface area contributed by atoms with Gasteiger partial charge in [0, 0.05) is 0 Å². The Morgan fingerprint density at radius 1 is 0.885 bits per heavy atom.